The average molecular weight is 204 g/mol. The van der Waals surface area contributed by atoms with E-state index >= 15 is 0 Å². The number of imidazole rings is 1. The Bertz CT molecular complexity index is 525. The van der Waals surface area contributed by atoms with Crippen molar-refractivity contribution in [2.75, 3.05) is 11.5 Å². The van der Waals surface area contributed by atoms with Crippen molar-refractivity contribution in [2.24, 2.45) is 0 Å². The summed E-state index contributed by atoms with van der Waals surface area (Å²) < 4.78 is 2.02. The first-order chi connectivity index (χ1) is 7.07. The molecule has 0 aliphatic heterocycles. The van der Waals surface area contributed by atoms with Crippen molar-refractivity contribution in [3.05, 3.63) is 17.5 Å². The summed E-state index contributed by atoms with van der Waals surface area (Å²) in [6.45, 7) is 6.88. The van der Waals surface area contributed by atoms with Gasteiger partial charge in [0.15, 0.2) is 0 Å². The van der Waals surface area contributed by atoms with Gasteiger partial charge in [-0.3, -0.25) is 0 Å². The molecular formula is C11H16N4. The van der Waals surface area contributed by atoms with Crippen molar-refractivity contribution >= 4 is 22.4 Å². The van der Waals surface area contributed by atoms with E-state index in [1.165, 1.54) is 0 Å². The van der Waals surface area contributed by atoms with E-state index in [1.807, 2.05) is 18.4 Å². The third-order valence-corrected chi connectivity index (χ3v) is 3.06. The lowest BCUT2D eigenvalue weighted by Gasteiger charge is -2.11. The fourth-order valence-corrected chi connectivity index (χ4v) is 1.86. The third-order valence-electron chi connectivity index (χ3n) is 3.06. The molecule has 4 N–H and O–H groups in total. The fraction of sp³-hybridized carbons (Fsp3) is 0.364. The highest BCUT2D eigenvalue weighted by Crippen LogP contribution is 2.32. The molecule has 0 radical (unpaired) electrons. The number of fused-ring (bicyclic) bond motifs is 1. The molecule has 15 heavy (non-hydrogen) atoms. The number of nitrogens with zero attached hydrogens (tertiary/aromatic N) is 2. The predicted molar refractivity (Wildman–Crippen MR) is 63.7 cm³/mol. The quantitative estimate of drug-likeness (QED) is 0.696. The van der Waals surface area contributed by atoms with Gasteiger partial charge in [-0.25, -0.2) is 4.98 Å². The van der Waals surface area contributed by atoms with Crippen LogP contribution in [-0.4, -0.2) is 9.55 Å². The second-order valence-corrected chi connectivity index (χ2v) is 3.81. The number of rotatable bonds is 1. The van der Waals surface area contributed by atoms with E-state index in [-0.39, 0.29) is 0 Å². The van der Waals surface area contributed by atoms with Crippen LogP contribution in [-0.2, 0) is 6.54 Å². The molecule has 1 heterocycles. The van der Waals surface area contributed by atoms with Crippen LogP contribution in [0.3, 0.4) is 0 Å². The van der Waals surface area contributed by atoms with Crippen molar-refractivity contribution in [1.29, 1.82) is 0 Å². The second-order valence-electron chi connectivity index (χ2n) is 3.81. The minimum atomic E-state index is 0.740. The highest BCUT2D eigenvalue weighted by Gasteiger charge is 2.14. The zero-order valence-electron chi connectivity index (χ0n) is 9.33. The largest absolute Gasteiger partial charge is 0.397 e. The van der Waals surface area contributed by atoms with Crippen LogP contribution >= 0.6 is 0 Å². The Morgan fingerprint density at radius 2 is 1.80 bits per heavy atom. The summed E-state index contributed by atoms with van der Waals surface area (Å²) in [5.41, 5.74) is 17.5. The van der Waals surface area contributed by atoms with Gasteiger partial charge in [0, 0.05) is 6.54 Å². The van der Waals surface area contributed by atoms with E-state index in [9.17, 15) is 0 Å². The van der Waals surface area contributed by atoms with E-state index in [4.69, 9.17) is 11.5 Å². The van der Waals surface area contributed by atoms with E-state index in [1.54, 1.807) is 6.33 Å². The van der Waals surface area contributed by atoms with Crippen LogP contribution in [0.5, 0.6) is 0 Å². The van der Waals surface area contributed by atoms with Gasteiger partial charge in [-0.2, -0.15) is 0 Å². The van der Waals surface area contributed by atoms with Crippen molar-refractivity contribution in [1.82, 2.24) is 9.55 Å². The van der Waals surface area contributed by atoms with Crippen LogP contribution in [0, 0.1) is 13.8 Å². The molecule has 0 amide bonds. The second kappa shape index (κ2) is 3.15. The number of nitrogen functional groups attached to an aromatic ring is 2. The van der Waals surface area contributed by atoms with Crippen LogP contribution in [0.2, 0.25) is 0 Å². The Kier molecular flexibility index (Phi) is 2.07. The maximum atomic E-state index is 6.09. The van der Waals surface area contributed by atoms with Crippen molar-refractivity contribution < 1.29 is 0 Å². The summed E-state index contributed by atoms with van der Waals surface area (Å²) in [4.78, 5) is 4.31. The molecule has 0 fully saturated rings. The minimum Gasteiger partial charge on any atom is -0.397 e. The highest BCUT2D eigenvalue weighted by molar-refractivity contribution is 5.98. The Labute approximate surface area is 88.9 Å². The molecular weight excluding hydrogens is 188 g/mol. The number of hydrogen-bond acceptors (Lipinski definition) is 3. The standard InChI is InChI=1S/C11H16N4/c1-4-15-5-14-10-8(12)6(2)7(3)9(13)11(10)15/h5H,4,12-13H2,1-3H3. The zero-order chi connectivity index (χ0) is 11.2. The summed E-state index contributed by atoms with van der Waals surface area (Å²) in [5.74, 6) is 0. The van der Waals surface area contributed by atoms with E-state index in [0.29, 0.717) is 0 Å². The number of aryl methyl sites for hydroxylation is 1. The Balaban J connectivity index is 2.97. The molecule has 0 saturated heterocycles. The topological polar surface area (TPSA) is 69.9 Å². The molecule has 4 heteroatoms. The molecule has 0 bridgehead atoms. The van der Waals surface area contributed by atoms with Gasteiger partial charge >= 0.3 is 0 Å². The molecule has 1 aromatic heterocycles. The number of aromatic nitrogens is 2. The maximum absolute atomic E-state index is 6.09. The van der Waals surface area contributed by atoms with Gasteiger partial charge in [0.1, 0.15) is 5.52 Å². The highest BCUT2D eigenvalue weighted by atomic mass is 15.1. The summed E-state index contributed by atoms with van der Waals surface area (Å²) in [6, 6.07) is 0. The van der Waals surface area contributed by atoms with Crippen molar-refractivity contribution in [2.45, 2.75) is 27.3 Å². The van der Waals surface area contributed by atoms with Gasteiger partial charge in [-0.05, 0) is 31.9 Å². The Morgan fingerprint density at radius 3 is 2.40 bits per heavy atom. The van der Waals surface area contributed by atoms with Crippen LogP contribution < -0.4 is 11.5 Å². The van der Waals surface area contributed by atoms with Crippen LogP contribution in [0.15, 0.2) is 6.33 Å². The monoisotopic (exact) mass is 204 g/mol. The van der Waals surface area contributed by atoms with E-state index in [2.05, 4.69) is 11.9 Å². The van der Waals surface area contributed by atoms with Gasteiger partial charge in [-0.15, -0.1) is 0 Å². The molecule has 0 saturated carbocycles. The molecule has 0 spiro atoms. The smallest absolute Gasteiger partial charge is 0.114 e. The molecule has 0 aliphatic rings. The van der Waals surface area contributed by atoms with Gasteiger partial charge in [-0.1, -0.05) is 0 Å². The Morgan fingerprint density at radius 1 is 1.20 bits per heavy atom. The lowest BCUT2D eigenvalue weighted by Crippen LogP contribution is -2.02. The normalized spacial score (nSPS) is 11.1. The van der Waals surface area contributed by atoms with Crippen LogP contribution in [0.1, 0.15) is 18.1 Å². The first-order valence-corrected chi connectivity index (χ1v) is 5.06. The molecule has 4 nitrogen and oxygen atoms in total. The first kappa shape index (κ1) is 9.83. The van der Waals surface area contributed by atoms with Gasteiger partial charge in [0.05, 0.1) is 23.2 Å². The van der Waals surface area contributed by atoms with Crippen LogP contribution in [0.4, 0.5) is 11.4 Å². The van der Waals surface area contributed by atoms with Gasteiger partial charge < -0.3 is 16.0 Å². The van der Waals surface area contributed by atoms with Crippen molar-refractivity contribution in [3.63, 3.8) is 0 Å². The number of hydrogen-bond donors (Lipinski definition) is 2. The predicted octanol–water partition coefficient (Wildman–Crippen LogP) is 1.84. The fourth-order valence-electron chi connectivity index (χ4n) is 1.86. The molecule has 0 atom stereocenters. The van der Waals surface area contributed by atoms with Crippen molar-refractivity contribution in [3.8, 4) is 0 Å². The molecule has 0 unspecified atom stereocenters. The summed E-state index contributed by atoms with van der Waals surface area (Å²) in [6.07, 6.45) is 1.79. The zero-order valence-corrected chi connectivity index (χ0v) is 9.33. The molecule has 1 aromatic carbocycles. The minimum absolute atomic E-state index is 0.740. The SMILES string of the molecule is CCn1cnc2c(N)c(C)c(C)c(N)c21. The van der Waals surface area contributed by atoms with Gasteiger partial charge in [0.2, 0.25) is 0 Å². The summed E-state index contributed by atoms with van der Waals surface area (Å²) in [7, 11) is 0. The third kappa shape index (κ3) is 1.17. The summed E-state index contributed by atoms with van der Waals surface area (Å²) >= 11 is 0. The molecule has 80 valence electrons. The summed E-state index contributed by atoms with van der Waals surface area (Å²) in [5, 5.41) is 0. The molecule has 2 rings (SSSR count). The number of benzene rings is 1. The molecule has 0 aliphatic carbocycles. The Hall–Kier alpha value is -1.71. The van der Waals surface area contributed by atoms with E-state index < -0.39 is 0 Å². The van der Waals surface area contributed by atoms with Gasteiger partial charge in [0.25, 0.3) is 0 Å². The lowest BCUT2D eigenvalue weighted by atomic mass is 10.0. The molecule has 2 aromatic rings. The van der Waals surface area contributed by atoms with E-state index in [0.717, 1.165) is 40.1 Å². The first-order valence-electron chi connectivity index (χ1n) is 5.06. The van der Waals surface area contributed by atoms with Crippen LogP contribution in [0.25, 0.3) is 11.0 Å². The maximum Gasteiger partial charge on any atom is 0.114 e. The number of anilines is 2. The lowest BCUT2D eigenvalue weighted by molar-refractivity contribution is 0.787. The average Bonchev–Trinajstić information content (AvgIpc) is 2.67. The number of nitrogens with two attached hydrogens (primary N) is 2.